The van der Waals surface area contributed by atoms with Crippen molar-refractivity contribution in [3.63, 3.8) is 0 Å². The zero-order valence-electron chi connectivity index (χ0n) is 37.9. The van der Waals surface area contributed by atoms with Gasteiger partial charge in [-0.15, -0.1) is 0 Å². The summed E-state index contributed by atoms with van der Waals surface area (Å²) in [4.78, 5) is 65.8. The SMILES string of the molecule is CCC/C=C\C=C\C(=O)OC1C2C=C3CC(C(C)O)OC(=O)CC(O)CC4CC(OC(C)=O)C(C)(C)C(O)(CC5C/C(=C\C(=O)OC)CC(/C=C/C(C)(C)C16OC(=O)C(O)C32O6)O5)O4. The maximum atomic E-state index is 13.9. The van der Waals surface area contributed by atoms with Gasteiger partial charge in [-0.2, -0.15) is 0 Å². The molecule has 0 amide bonds. The predicted octanol–water partition coefficient (Wildman–Crippen LogP) is 3.64. The van der Waals surface area contributed by atoms with Gasteiger partial charge in [0.1, 0.15) is 17.8 Å². The molecule has 4 N–H and O–H groups in total. The highest BCUT2D eigenvalue weighted by atomic mass is 16.8. The van der Waals surface area contributed by atoms with Crippen molar-refractivity contribution in [3.05, 3.63) is 59.8 Å². The number of carbonyl (C=O) groups is 5. The van der Waals surface area contributed by atoms with E-state index in [-0.39, 0.29) is 44.1 Å². The van der Waals surface area contributed by atoms with Crippen molar-refractivity contribution in [3.8, 4) is 0 Å². The summed E-state index contributed by atoms with van der Waals surface area (Å²) in [5.74, 6) is -9.01. The summed E-state index contributed by atoms with van der Waals surface area (Å²) < 4.78 is 48.4. The summed E-state index contributed by atoms with van der Waals surface area (Å²) in [6.07, 6.45) is 3.09. The molecule has 0 aromatic heterocycles. The van der Waals surface area contributed by atoms with Crippen LogP contribution in [0.2, 0.25) is 0 Å². The van der Waals surface area contributed by atoms with Crippen LogP contribution >= 0.6 is 0 Å². The van der Waals surface area contributed by atoms with E-state index in [0.29, 0.717) is 5.57 Å². The summed E-state index contributed by atoms with van der Waals surface area (Å²) in [5.41, 5.74) is -3.54. The van der Waals surface area contributed by atoms with Gasteiger partial charge in [0.05, 0.1) is 60.8 Å². The monoisotopic (exact) mass is 900 g/mol. The number of ether oxygens (including phenoxy) is 8. The number of allylic oxidation sites excluding steroid dienone is 3. The number of methoxy groups -OCH3 is 1. The van der Waals surface area contributed by atoms with Crippen molar-refractivity contribution in [2.45, 2.75) is 178 Å². The van der Waals surface area contributed by atoms with Gasteiger partial charge in [0.2, 0.25) is 0 Å². The third-order valence-corrected chi connectivity index (χ3v) is 13.6. The van der Waals surface area contributed by atoms with Crippen LogP contribution in [0.15, 0.2) is 59.8 Å². The molecule has 6 bridgehead atoms. The highest BCUT2D eigenvalue weighted by Gasteiger charge is 2.80. The van der Waals surface area contributed by atoms with E-state index in [1.165, 1.54) is 39.2 Å². The van der Waals surface area contributed by atoms with Crippen molar-refractivity contribution in [1.29, 1.82) is 0 Å². The van der Waals surface area contributed by atoms with Crippen molar-refractivity contribution < 1.29 is 82.3 Å². The minimum Gasteiger partial charge on any atom is -0.466 e. The number of hydrogen-bond donors (Lipinski definition) is 4. The molecule has 1 spiro atoms. The maximum Gasteiger partial charge on any atom is 0.341 e. The molecule has 17 heteroatoms. The number of aliphatic hydroxyl groups excluding tert-OH is 3. The third-order valence-electron chi connectivity index (χ3n) is 13.6. The molecule has 6 aliphatic rings. The molecule has 13 unspecified atom stereocenters. The second-order valence-electron chi connectivity index (χ2n) is 19.0. The van der Waals surface area contributed by atoms with Gasteiger partial charge in [0, 0.05) is 44.8 Å². The Morgan fingerprint density at radius 3 is 2.39 bits per heavy atom. The summed E-state index contributed by atoms with van der Waals surface area (Å²) in [5, 5.41) is 46.3. The minimum absolute atomic E-state index is 0.0711. The Hall–Kier alpha value is -4.23. The molecule has 64 heavy (non-hydrogen) atoms. The van der Waals surface area contributed by atoms with Crippen LogP contribution in [0, 0.1) is 16.7 Å². The predicted molar refractivity (Wildman–Crippen MR) is 224 cm³/mol. The van der Waals surface area contributed by atoms with E-state index in [2.05, 4.69) is 0 Å². The Balaban J connectivity index is 1.45. The van der Waals surface area contributed by atoms with Gasteiger partial charge in [-0.3, -0.25) is 9.59 Å². The Morgan fingerprint density at radius 1 is 0.984 bits per heavy atom. The lowest BCUT2D eigenvalue weighted by atomic mass is 9.63. The van der Waals surface area contributed by atoms with Gasteiger partial charge in [0.15, 0.2) is 18.0 Å². The van der Waals surface area contributed by atoms with Crippen LogP contribution in [0.3, 0.4) is 0 Å². The van der Waals surface area contributed by atoms with Crippen molar-refractivity contribution in [1.82, 2.24) is 0 Å². The fourth-order valence-corrected chi connectivity index (χ4v) is 9.86. The summed E-state index contributed by atoms with van der Waals surface area (Å²) in [7, 11) is 1.25. The van der Waals surface area contributed by atoms with E-state index in [0.717, 1.165) is 12.8 Å². The molecule has 354 valence electrons. The third kappa shape index (κ3) is 9.53. The van der Waals surface area contributed by atoms with Crippen LogP contribution < -0.4 is 0 Å². The van der Waals surface area contributed by atoms with Crippen LogP contribution in [0.5, 0.6) is 0 Å². The number of aliphatic hydroxyl groups is 4. The fraction of sp³-hybridized carbons (Fsp3) is 0.681. The average Bonchev–Trinajstić information content (AvgIpc) is 3.38. The van der Waals surface area contributed by atoms with Gasteiger partial charge >= 0.3 is 29.8 Å². The number of fused-ring (bicyclic) bond motifs is 4. The van der Waals surface area contributed by atoms with Crippen LogP contribution in [0.25, 0.3) is 0 Å². The molecule has 0 saturated carbocycles. The number of unbranched alkanes of at least 4 members (excludes halogenated alkanes) is 1. The molecule has 0 aromatic rings. The zero-order valence-corrected chi connectivity index (χ0v) is 37.9. The number of carbonyl (C=O) groups excluding carboxylic acids is 5. The first-order valence-electron chi connectivity index (χ1n) is 22.1. The number of cyclic esters (lactones) is 1. The summed E-state index contributed by atoms with van der Waals surface area (Å²) in [6.45, 7) is 11.4. The van der Waals surface area contributed by atoms with Gasteiger partial charge in [-0.25, -0.2) is 14.4 Å². The van der Waals surface area contributed by atoms with Crippen molar-refractivity contribution >= 4 is 29.8 Å². The molecule has 4 fully saturated rings. The normalized spacial score (nSPS) is 39.9. The highest BCUT2D eigenvalue weighted by Crippen LogP contribution is 2.65. The molecule has 0 aromatic carbocycles. The number of rotatable bonds is 8. The van der Waals surface area contributed by atoms with Gasteiger partial charge < -0.3 is 58.3 Å². The molecule has 5 aliphatic heterocycles. The lowest BCUT2D eigenvalue weighted by Crippen LogP contribution is -2.65. The second-order valence-corrected chi connectivity index (χ2v) is 19.0. The number of hydrogen-bond acceptors (Lipinski definition) is 17. The van der Waals surface area contributed by atoms with Crippen LogP contribution in [0.4, 0.5) is 0 Å². The van der Waals surface area contributed by atoms with Crippen LogP contribution in [-0.4, -0.2) is 129 Å². The first kappa shape index (κ1) is 49.2. The first-order valence-corrected chi connectivity index (χ1v) is 22.1. The molecule has 5 heterocycles. The molecule has 4 saturated heterocycles. The zero-order chi connectivity index (χ0) is 47.0. The smallest absolute Gasteiger partial charge is 0.341 e. The van der Waals surface area contributed by atoms with Crippen molar-refractivity contribution in [2.75, 3.05) is 7.11 Å². The largest absolute Gasteiger partial charge is 0.466 e. The van der Waals surface area contributed by atoms with Gasteiger partial charge in [0.25, 0.3) is 5.79 Å². The van der Waals surface area contributed by atoms with E-state index in [4.69, 9.17) is 37.9 Å². The molecule has 6 rings (SSSR count). The van der Waals surface area contributed by atoms with E-state index >= 15 is 0 Å². The minimum atomic E-state index is -2.07. The van der Waals surface area contributed by atoms with E-state index in [1.54, 1.807) is 52.0 Å². The van der Waals surface area contributed by atoms with E-state index < -0.39 is 125 Å². The Bertz CT molecular complexity index is 1960. The van der Waals surface area contributed by atoms with Gasteiger partial charge in [-0.05, 0) is 45.6 Å². The highest BCUT2D eigenvalue weighted by molar-refractivity contribution is 5.84. The lowest BCUT2D eigenvalue weighted by Gasteiger charge is -2.53. The lowest BCUT2D eigenvalue weighted by molar-refractivity contribution is -0.348. The average molecular weight is 901 g/mol. The Morgan fingerprint density at radius 2 is 1.72 bits per heavy atom. The summed E-state index contributed by atoms with van der Waals surface area (Å²) >= 11 is 0. The quantitative estimate of drug-likeness (QED) is 0.0894. The Kier molecular flexibility index (Phi) is 14.6. The molecule has 1 aliphatic carbocycles. The molecule has 17 nitrogen and oxygen atoms in total. The number of esters is 5. The van der Waals surface area contributed by atoms with E-state index in [1.807, 2.05) is 13.0 Å². The summed E-state index contributed by atoms with van der Waals surface area (Å²) in [6, 6.07) is 0. The molecule has 13 atom stereocenters. The van der Waals surface area contributed by atoms with Gasteiger partial charge in [-0.1, -0.05) is 69.2 Å². The first-order chi connectivity index (χ1) is 30.0. The van der Waals surface area contributed by atoms with Crippen molar-refractivity contribution in [2.24, 2.45) is 16.7 Å². The molecular weight excluding hydrogens is 837 g/mol. The van der Waals surface area contributed by atoms with E-state index in [9.17, 15) is 44.4 Å². The van der Waals surface area contributed by atoms with Crippen LogP contribution in [-0.2, 0) is 61.9 Å². The van der Waals surface area contributed by atoms with Crippen LogP contribution in [0.1, 0.15) is 106 Å². The standard InChI is InChI=1S/C47H64O17/c1-9-10-11-12-13-14-37(51)61-41-34-20-29-21-35(26(2)48)60-39(53)23-30(50)22-32-24-36(58-27(3)49)44(6,7)45(56,62-32)25-33-18-28(19-38(52)57-8)17-31(59-33)15-16-43(4,5)47(41)63-42(55)40(54)46(29,34)64-47/h11-16,19-20,26,30-36,40-41,48,50,54,56H,9-10,17-18,21-25H2,1-8H3/b12-11-,14-13+,16-15+,28-19-. The fourth-order valence-electron chi connectivity index (χ4n) is 9.86. The Labute approximate surface area is 373 Å². The second kappa shape index (κ2) is 18.9. The molecular formula is C47H64O17. The topological polar surface area (TPSA) is 240 Å². The molecule has 0 radical (unpaired) electrons. The maximum absolute atomic E-state index is 13.9.